The molecule has 0 bridgehead atoms. The van der Waals surface area contributed by atoms with Gasteiger partial charge in [0.25, 0.3) is 0 Å². The van der Waals surface area contributed by atoms with Crippen LogP contribution in [0, 0.1) is 0 Å². The number of benzene rings is 2. The van der Waals surface area contributed by atoms with Crippen LogP contribution in [0.25, 0.3) is 22.6 Å². The number of para-hydroxylation sites is 1. The van der Waals surface area contributed by atoms with Crippen molar-refractivity contribution in [2.45, 2.75) is 6.92 Å². The molecule has 4 rings (SSSR count). The molecule has 2 heterocycles. The predicted molar refractivity (Wildman–Crippen MR) is 106 cm³/mol. The lowest BCUT2D eigenvalue weighted by Crippen LogP contribution is -2.34. The highest BCUT2D eigenvalue weighted by molar-refractivity contribution is 7.07. The van der Waals surface area contributed by atoms with Gasteiger partial charge in [0.05, 0.1) is 16.5 Å². The van der Waals surface area contributed by atoms with Gasteiger partial charge in [0.2, 0.25) is 0 Å². The van der Waals surface area contributed by atoms with Crippen LogP contribution in [0.5, 0.6) is 0 Å². The first kappa shape index (κ1) is 16.3. The first-order valence-corrected chi connectivity index (χ1v) is 9.21. The van der Waals surface area contributed by atoms with Crippen molar-refractivity contribution < 1.29 is 4.79 Å². The molecule has 0 atom stereocenters. The number of carbonyl (C=O) groups excluding carboxylic acids is 1. The van der Waals surface area contributed by atoms with Gasteiger partial charge in [0.15, 0.2) is 5.82 Å². The fourth-order valence-corrected chi connectivity index (χ4v) is 3.32. The zero-order valence-corrected chi connectivity index (χ0v) is 15.0. The monoisotopic (exact) mass is 363 g/mol. The zero-order valence-electron chi connectivity index (χ0n) is 14.1. The number of carbonyl (C=O) groups is 1. The molecule has 0 spiro atoms. The highest BCUT2D eigenvalue weighted by Crippen LogP contribution is 2.23. The molecule has 0 aliphatic rings. The normalized spacial score (nSPS) is 10.8. The van der Waals surface area contributed by atoms with E-state index in [4.69, 9.17) is 0 Å². The number of aromatic amines is 1. The maximum atomic E-state index is 12.7. The van der Waals surface area contributed by atoms with Gasteiger partial charge >= 0.3 is 6.03 Å². The van der Waals surface area contributed by atoms with Gasteiger partial charge in [-0.05, 0) is 37.3 Å². The molecule has 2 amide bonds. The van der Waals surface area contributed by atoms with E-state index >= 15 is 0 Å². The second kappa shape index (κ2) is 6.97. The number of urea groups is 1. The lowest BCUT2D eigenvalue weighted by atomic mass is 10.2. The van der Waals surface area contributed by atoms with Crippen LogP contribution in [0.1, 0.15) is 6.92 Å². The fraction of sp³-hybridized carbons (Fsp3) is 0.105. The number of amides is 2. The van der Waals surface area contributed by atoms with Crippen molar-refractivity contribution in [3.8, 4) is 11.5 Å². The highest BCUT2D eigenvalue weighted by atomic mass is 32.1. The smallest absolute Gasteiger partial charge is 0.326 e. The Bertz CT molecular complexity index is 1030. The molecule has 2 N–H and O–H groups in total. The van der Waals surface area contributed by atoms with Gasteiger partial charge in [-0.1, -0.05) is 18.2 Å². The fourth-order valence-electron chi connectivity index (χ4n) is 2.78. The van der Waals surface area contributed by atoms with Gasteiger partial charge in [-0.25, -0.2) is 14.8 Å². The molecule has 0 aliphatic heterocycles. The van der Waals surface area contributed by atoms with Gasteiger partial charge in [-0.2, -0.15) is 0 Å². The second-order valence-corrected chi connectivity index (χ2v) is 6.42. The van der Waals surface area contributed by atoms with Crippen LogP contribution in [0.4, 0.5) is 16.2 Å². The maximum absolute atomic E-state index is 12.7. The standard InChI is InChI=1S/C19H17N5OS/c1-2-24(14-6-4-3-5-7-14)19(25)21-13-8-9-15-16(10-13)23-18(22-15)17-11-26-12-20-17/h3-12H,2H2,1H3,(H,21,25)(H,22,23). The van der Waals surface area contributed by atoms with E-state index in [0.29, 0.717) is 12.2 Å². The summed E-state index contributed by atoms with van der Waals surface area (Å²) in [6.45, 7) is 2.53. The van der Waals surface area contributed by atoms with Crippen LogP contribution in [0.15, 0.2) is 59.4 Å². The number of hydrogen-bond donors (Lipinski definition) is 2. The number of rotatable bonds is 4. The average Bonchev–Trinajstić information content (AvgIpc) is 3.32. The van der Waals surface area contributed by atoms with E-state index in [1.54, 1.807) is 10.4 Å². The number of fused-ring (bicyclic) bond motifs is 1. The number of aromatic nitrogens is 3. The van der Waals surface area contributed by atoms with Gasteiger partial charge in [-0.15, -0.1) is 11.3 Å². The van der Waals surface area contributed by atoms with Crippen LogP contribution < -0.4 is 10.2 Å². The summed E-state index contributed by atoms with van der Waals surface area (Å²) >= 11 is 1.53. The van der Waals surface area contributed by atoms with E-state index in [1.165, 1.54) is 11.3 Å². The Labute approximate surface area is 154 Å². The largest absolute Gasteiger partial charge is 0.337 e. The molecule has 0 saturated heterocycles. The van der Waals surface area contributed by atoms with Crippen molar-refractivity contribution in [2.75, 3.05) is 16.8 Å². The van der Waals surface area contributed by atoms with Crippen molar-refractivity contribution in [1.82, 2.24) is 15.0 Å². The van der Waals surface area contributed by atoms with Gasteiger partial charge in [0, 0.05) is 23.3 Å². The van der Waals surface area contributed by atoms with E-state index < -0.39 is 0 Å². The molecular weight excluding hydrogens is 346 g/mol. The molecular formula is C19H17N5OS. The Balaban J connectivity index is 1.57. The number of thiazole rings is 1. The summed E-state index contributed by atoms with van der Waals surface area (Å²) in [4.78, 5) is 26.4. The summed E-state index contributed by atoms with van der Waals surface area (Å²) in [6.07, 6.45) is 0. The van der Waals surface area contributed by atoms with Crippen molar-refractivity contribution >= 4 is 39.8 Å². The van der Waals surface area contributed by atoms with E-state index in [1.807, 2.05) is 60.8 Å². The summed E-state index contributed by atoms with van der Waals surface area (Å²) in [5.74, 6) is 0.726. The molecule has 0 unspecified atom stereocenters. The van der Waals surface area contributed by atoms with Gasteiger partial charge in [-0.3, -0.25) is 4.90 Å². The summed E-state index contributed by atoms with van der Waals surface area (Å²) in [7, 11) is 0. The minimum atomic E-state index is -0.169. The van der Waals surface area contributed by atoms with Crippen LogP contribution >= 0.6 is 11.3 Å². The molecule has 6 nitrogen and oxygen atoms in total. The zero-order chi connectivity index (χ0) is 17.9. The van der Waals surface area contributed by atoms with Crippen LogP contribution in [0.2, 0.25) is 0 Å². The van der Waals surface area contributed by atoms with E-state index in [9.17, 15) is 4.79 Å². The lowest BCUT2D eigenvalue weighted by Gasteiger charge is -2.21. The van der Waals surface area contributed by atoms with Crippen molar-refractivity contribution in [3.05, 3.63) is 59.4 Å². The van der Waals surface area contributed by atoms with Crippen LogP contribution in [-0.2, 0) is 0 Å². The number of nitrogens with one attached hydrogen (secondary N) is 2. The van der Waals surface area contributed by atoms with E-state index in [2.05, 4.69) is 20.3 Å². The van der Waals surface area contributed by atoms with Crippen LogP contribution in [0.3, 0.4) is 0 Å². The second-order valence-electron chi connectivity index (χ2n) is 5.70. The molecule has 7 heteroatoms. The number of imidazole rings is 1. The number of H-pyrrole nitrogens is 1. The van der Waals surface area contributed by atoms with Gasteiger partial charge in [0.1, 0.15) is 5.69 Å². The number of anilines is 2. The first-order valence-electron chi connectivity index (χ1n) is 8.26. The number of hydrogen-bond acceptors (Lipinski definition) is 4. The summed E-state index contributed by atoms with van der Waals surface area (Å²) in [5.41, 5.74) is 5.86. The summed E-state index contributed by atoms with van der Waals surface area (Å²) in [5, 5.41) is 4.90. The topological polar surface area (TPSA) is 73.9 Å². The molecule has 0 aliphatic carbocycles. The van der Waals surface area contributed by atoms with E-state index in [-0.39, 0.29) is 6.03 Å². The molecule has 2 aromatic heterocycles. The Kier molecular flexibility index (Phi) is 4.37. The van der Waals surface area contributed by atoms with Gasteiger partial charge < -0.3 is 10.3 Å². The quantitative estimate of drug-likeness (QED) is 0.550. The summed E-state index contributed by atoms with van der Waals surface area (Å²) in [6, 6.07) is 15.1. The van der Waals surface area contributed by atoms with Crippen molar-refractivity contribution in [3.63, 3.8) is 0 Å². The van der Waals surface area contributed by atoms with Crippen molar-refractivity contribution in [2.24, 2.45) is 0 Å². The Hall–Kier alpha value is -3.19. The third kappa shape index (κ3) is 3.16. The maximum Gasteiger partial charge on any atom is 0.326 e. The molecule has 0 saturated carbocycles. The third-order valence-electron chi connectivity index (χ3n) is 4.04. The number of nitrogens with zero attached hydrogens (tertiary/aromatic N) is 3. The Morgan fingerprint density at radius 3 is 2.81 bits per heavy atom. The Morgan fingerprint density at radius 1 is 1.23 bits per heavy atom. The third-order valence-corrected chi connectivity index (χ3v) is 4.62. The first-order chi connectivity index (χ1) is 12.7. The summed E-state index contributed by atoms with van der Waals surface area (Å²) < 4.78 is 0. The highest BCUT2D eigenvalue weighted by Gasteiger charge is 2.14. The average molecular weight is 363 g/mol. The minimum absolute atomic E-state index is 0.169. The molecule has 0 radical (unpaired) electrons. The SMILES string of the molecule is CCN(C(=O)Nc1ccc2nc(-c3cscn3)[nH]c2c1)c1ccccc1. The molecule has 26 heavy (non-hydrogen) atoms. The minimum Gasteiger partial charge on any atom is -0.337 e. The Morgan fingerprint density at radius 2 is 2.08 bits per heavy atom. The van der Waals surface area contributed by atoms with E-state index in [0.717, 1.165) is 28.2 Å². The molecule has 0 fully saturated rings. The molecule has 130 valence electrons. The van der Waals surface area contributed by atoms with Crippen molar-refractivity contribution in [1.29, 1.82) is 0 Å². The molecule has 2 aromatic carbocycles. The molecule has 4 aromatic rings. The predicted octanol–water partition coefficient (Wildman–Crippen LogP) is 4.74. The van der Waals surface area contributed by atoms with Crippen LogP contribution in [-0.4, -0.2) is 27.5 Å². The lowest BCUT2D eigenvalue weighted by molar-refractivity contribution is 0.257.